The van der Waals surface area contributed by atoms with Crippen molar-refractivity contribution in [2.75, 3.05) is 6.54 Å². The van der Waals surface area contributed by atoms with Gasteiger partial charge in [-0.1, -0.05) is 6.42 Å². The molecule has 3 nitrogen and oxygen atoms in total. The van der Waals surface area contributed by atoms with Crippen molar-refractivity contribution >= 4 is 0 Å². The summed E-state index contributed by atoms with van der Waals surface area (Å²) in [7, 11) is 0. The van der Waals surface area contributed by atoms with Gasteiger partial charge in [0.05, 0.1) is 18.2 Å². The van der Waals surface area contributed by atoms with Gasteiger partial charge in [-0.3, -0.25) is 0 Å². The number of imidazole rings is 1. The van der Waals surface area contributed by atoms with Gasteiger partial charge in [-0.05, 0) is 50.1 Å². The van der Waals surface area contributed by atoms with E-state index in [1.165, 1.54) is 18.9 Å². The molecule has 0 spiro atoms. The molecule has 100 valence electrons. The zero-order chi connectivity index (χ0) is 13.2. The first-order valence-corrected chi connectivity index (χ1v) is 6.78. The van der Waals surface area contributed by atoms with Crippen molar-refractivity contribution in [3.63, 3.8) is 0 Å². The van der Waals surface area contributed by atoms with Crippen molar-refractivity contribution < 1.29 is 4.39 Å². The number of hydrogen-bond donors (Lipinski definition) is 1. The van der Waals surface area contributed by atoms with Crippen molar-refractivity contribution in [3.05, 3.63) is 47.8 Å². The minimum absolute atomic E-state index is 0.166. The van der Waals surface area contributed by atoms with Crippen molar-refractivity contribution in [2.45, 2.75) is 32.2 Å². The molecule has 0 bridgehead atoms. The minimum Gasteiger partial charge on any atom is -0.309 e. The maximum atomic E-state index is 13.4. The fourth-order valence-electron chi connectivity index (χ4n) is 2.66. The largest absolute Gasteiger partial charge is 0.309 e. The van der Waals surface area contributed by atoms with Crippen molar-refractivity contribution in [3.8, 4) is 5.69 Å². The van der Waals surface area contributed by atoms with Gasteiger partial charge in [0.2, 0.25) is 0 Å². The van der Waals surface area contributed by atoms with E-state index >= 15 is 0 Å². The van der Waals surface area contributed by atoms with Crippen LogP contribution in [0.5, 0.6) is 0 Å². The molecule has 4 heteroatoms. The van der Waals surface area contributed by atoms with Crippen LogP contribution in [0.15, 0.2) is 30.7 Å². The summed E-state index contributed by atoms with van der Waals surface area (Å²) in [6.45, 7) is 2.84. The molecule has 0 amide bonds. The average Bonchev–Trinajstić information content (AvgIpc) is 2.92. The monoisotopic (exact) mass is 259 g/mol. The van der Waals surface area contributed by atoms with Gasteiger partial charge in [0.25, 0.3) is 0 Å². The lowest BCUT2D eigenvalue weighted by atomic mass is 10.0. The summed E-state index contributed by atoms with van der Waals surface area (Å²) < 4.78 is 15.4. The van der Waals surface area contributed by atoms with E-state index in [1.54, 1.807) is 19.3 Å². The molecule has 1 aliphatic rings. The van der Waals surface area contributed by atoms with Crippen LogP contribution in [0.25, 0.3) is 5.69 Å². The van der Waals surface area contributed by atoms with Crippen LogP contribution in [-0.4, -0.2) is 16.1 Å². The summed E-state index contributed by atoms with van der Waals surface area (Å²) in [4.78, 5) is 4.26. The molecule has 19 heavy (non-hydrogen) atoms. The molecule has 1 atom stereocenters. The highest BCUT2D eigenvalue weighted by Crippen LogP contribution is 2.25. The zero-order valence-corrected chi connectivity index (χ0v) is 11.1. The Kier molecular flexibility index (Phi) is 3.34. The number of nitrogens with one attached hydrogen (secondary N) is 1. The van der Waals surface area contributed by atoms with Crippen LogP contribution in [0.3, 0.4) is 0 Å². The van der Waals surface area contributed by atoms with Crippen LogP contribution in [0.2, 0.25) is 0 Å². The molecule has 2 heterocycles. The smallest absolute Gasteiger partial charge is 0.126 e. The quantitative estimate of drug-likeness (QED) is 0.898. The maximum absolute atomic E-state index is 13.4. The molecule has 1 N–H and O–H groups in total. The lowest BCUT2D eigenvalue weighted by Crippen LogP contribution is -2.28. The van der Waals surface area contributed by atoms with Gasteiger partial charge in [-0.15, -0.1) is 0 Å². The highest BCUT2D eigenvalue weighted by atomic mass is 19.1. The predicted octanol–water partition coefficient (Wildman–Crippen LogP) is 3.13. The van der Waals surface area contributed by atoms with E-state index in [2.05, 4.69) is 14.9 Å². The van der Waals surface area contributed by atoms with Crippen LogP contribution in [0.1, 0.15) is 36.6 Å². The number of aryl methyl sites for hydroxylation is 1. The van der Waals surface area contributed by atoms with Gasteiger partial charge in [-0.25, -0.2) is 9.37 Å². The minimum atomic E-state index is -0.166. The molecular weight excluding hydrogens is 241 g/mol. The summed E-state index contributed by atoms with van der Waals surface area (Å²) in [6, 6.07) is 5.53. The predicted molar refractivity (Wildman–Crippen MR) is 72.9 cm³/mol. The third-order valence-electron chi connectivity index (χ3n) is 3.75. The fourth-order valence-corrected chi connectivity index (χ4v) is 2.66. The number of benzene rings is 1. The summed E-state index contributed by atoms with van der Waals surface area (Å²) >= 11 is 0. The molecule has 2 aromatic rings. The van der Waals surface area contributed by atoms with Crippen LogP contribution in [-0.2, 0) is 0 Å². The molecule has 1 fully saturated rings. The Morgan fingerprint density at radius 3 is 3.00 bits per heavy atom. The van der Waals surface area contributed by atoms with E-state index in [9.17, 15) is 4.39 Å². The standard InChI is InChI=1S/C15H18FN3/c1-11-8-12(5-6-13(11)16)19-10-17-9-15(19)14-4-2-3-7-18-14/h5-6,8-10,14,18H,2-4,7H2,1H3. The number of nitrogens with zero attached hydrogens (tertiary/aromatic N) is 2. The Morgan fingerprint density at radius 1 is 1.37 bits per heavy atom. The normalized spacial score (nSPS) is 19.6. The van der Waals surface area contributed by atoms with E-state index in [1.807, 2.05) is 12.3 Å². The lowest BCUT2D eigenvalue weighted by molar-refractivity contribution is 0.402. The fraction of sp³-hybridized carbons (Fsp3) is 0.400. The first-order chi connectivity index (χ1) is 9.25. The second-order valence-corrected chi connectivity index (χ2v) is 5.12. The zero-order valence-electron chi connectivity index (χ0n) is 11.1. The highest BCUT2D eigenvalue weighted by Gasteiger charge is 2.19. The molecule has 0 aliphatic carbocycles. The Labute approximate surface area is 112 Å². The molecule has 1 aromatic carbocycles. The molecule has 1 unspecified atom stereocenters. The third-order valence-corrected chi connectivity index (χ3v) is 3.75. The lowest BCUT2D eigenvalue weighted by Gasteiger charge is -2.24. The Morgan fingerprint density at radius 2 is 2.26 bits per heavy atom. The first-order valence-electron chi connectivity index (χ1n) is 6.78. The Balaban J connectivity index is 1.96. The molecule has 1 aliphatic heterocycles. The number of piperidine rings is 1. The number of halogens is 1. The van der Waals surface area contributed by atoms with Crippen LogP contribution in [0, 0.1) is 12.7 Å². The topological polar surface area (TPSA) is 29.9 Å². The highest BCUT2D eigenvalue weighted by molar-refractivity contribution is 5.38. The van der Waals surface area contributed by atoms with Crippen molar-refractivity contribution in [1.82, 2.24) is 14.9 Å². The summed E-state index contributed by atoms with van der Waals surface area (Å²) in [5.74, 6) is -0.166. The van der Waals surface area contributed by atoms with E-state index in [-0.39, 0.29) is 5.82 Å². The molecule has 1 aromatic heterocycles. The van der Waals surface area contributed by atoms with E-state index < -0.39 is 0 Å². The maximum Gasteiger partial charge on any atom is 0.126 e. The van der Waals surface area contributed by atoms with Gasteiger partial charge >= 0.3 is 0 Å². The number of hydrogen-bond acceptors (Lipinski definition) is 2. The molecule has 0 radical (unpaired) electrons. The van der Waals surface area contributed by atoms with Crippen molar-refractivity contribution in [1.29, 1.82) is 0 Å². The van der Waals surface area contributed by atoms with Gasteiger partial charge < -0.3 is 9.88 Å². The average molecular weight is 259 g/mol. The second kappa shape index (κ2) is 5.13. The number of rotatable bonds is 2. The summed E-state index contributed by atoms with van der Waals surface area (Å²) in [5.41, 5.74) is 2.79. The molecule has 1 saturated heterocycles. The molecule has 0 saturated carbocycles. The van der Waals surface area contributed by atoms with Crippen LogP contribution >= 0.6 is 0 Å². The van der Waals surface area contributed by atoms with E-state index in [4.69, 9.17) is 0 Å². The van der Waals surface area contributed by atoms with Gasteiger partial charge in [0.1, 0.15) is 5.82 Å². The molecular formula is C15H18FN3. The van der Waals surface area contributed by atoms with Crippen LogP contribution in [0.4, 0.5) is 4.39 Å². The number of aromatic nitrogens is 2. The van der Waals surface area contributed by atoms with Gasteiger partial charge in [0.15, 0.2) is 0 Å². The van der Waals surface area contributed by atoms with Gasteiger partial charge in [-0.2, -0.15) is 0 Å². The van der Waals surface area contributed by atoms with Crippen LogP contribution < -0.4 is 5.32 Å². The SMILES string of the molecule is Cc1cc(-n2cncc2C2CCCCN2)ccc1F. The first kappa shape index (κ1) is 12.4. The Hall–Kier alpha value is -1.68. The third kappa shape index (κ3) is 2.40. The second-order valence-electron chi connectivity index (χ2n) is 5.12. The summed E-state index contributed by atoms with van der Waals surface area (Å²) in [6.07, 6.45) is 7.32. The van der Waals surface area contributed by atoms with E-state index in [0.717, 1.165) is 24.3 Å². The van der Waals surface area contributed by atoms with Gasteiger partial charge in [0, 0.05) is 11.7 Å². The van der Waals surface area contributed by atoms with Crippen molar-refractivity contribution in [2.24, 2.45) is 0 Å². The molecule has 3 rings (SSSR count). The van der Waals surface area contributed by atoms with E-state index in [0.29, 0.717) is 11.6 Å². The summed E-state index contributed by atoms with van der Waals surface area (Å²) in [5, 5.41) is 3.52. The Bertz CT molecular complexity index is 571.